The molecule has 0 aromatic carbocycles. The van der Waals surface area contributed by atoms with Gasteiger partial charge in [0.1, 0.15) is 0 Å². The minimum Gasteiger partial charge on any atom is -0.392 e. The third kappa shape index (κ3) is 3.97. The van der Waals surface area contributed by atoms with Crippen LogP contribution in [0, 0.1) is 11.8 Å². The van der Waals surface area contributed by atoms with Gasteiger partial charge in [-0.05, 0) is 31.2 Å². The van der Waals surface area contributed by atoms with E-state index in [-0.39, 0.29) is 6.10 Å². The molecule has 0 bridgehead atoms. The van der Waals surface area contributed by atoms with Gasteiger partial charge in [0.15, 0.2) is 0 Å². The molecule has 0 heterocycles. The highest BCUT2D eigenvalue weighted by Gasteiger charge is 2.16. The molecule has 1 aliphatic rings. The first-order chi connectivity index (χ1) is 6.74. The van der Waals surface area contributed by atoms with Crippen LogP contribution >= 0.6 is 0 Å². The first-order valence-electron chi connectivity index (χ1n) is 6.12. The second-order valence-electron chi connectivity index (χ2n) is 4.76. The topological polar surface area (TPSA) is 32.3 Å². The van der Waals surface area contributed by atoms with Crippen molar-refractivity contribution in [2.45, 2.75) is 52.1 Å². The lowest BCUT2D eigenvalue weighted by molar-refractivity contribution is 0.112. The molecular weight excluding hydrogens is 174 g/mol. The normalized spacial score (nSPS) is 22.5. The minimum atomic E-state index is -0.165. The van der Waals surface area contributed by atoms with Crippen molar-refractivity contribution < 1.29 is 5.11 Å². The Morgan fingerprint density at radius 1 is 1.36 bits per heavy atom. The average Bonchev–Trinajstić information content (AvgIpc) is 2.69. The first kappa shape index (κ1) is 12.0. The summed E-state index contributed by atoms with van der Waals surface area (Å²) in [5, 5.41) is 13.1. The number of nitrogens with one attached hydrogen (secondary N) is 1. The Bertz CT molecular complexity index is 143. The molecule has 0 aliphatic heterocycles. The van der Waals surface area contributed by atoms with Gasteiger partial charge in [-0.15, -0.1) is 0 Å². The predicted octanol–water partition coefficient (Wildman–Crippen LogP) is 2.17. The summed E-state index contributed by atoms with van der Waals surface area (Å²) < 4.78 is 0. The van der Waals surface area contributed by atoms with Gasteiger partial charge in [-0.3, -0.25) is 0 Å². The Kier molecular flexibility index (Phi) is 5.49. The maximum Gasteiger partial charge on any atom is 0.0689 e. The van der Waals surface area contributed by atoms with E-state index in [1.54, 1.807) is 0 Å². The van der Waals surface area contributed by atoms with Crippen molar-refractivity contribution >= 4 is 0 Å². The number of aliphatic hydroxyl groups excluding tert-OH is 1. The fourth-order valence-electron chi connectivity index (χ4n) is 2.12. The van der Waals surface area contributed by atoms with E-state index in [1.165, 1.54) is 25.7 Å². The highest BCUT2D eigenvalue weighted by Crippen LogP contribution is 2.23. The lowest BCUT2D eigenvalue weighted by Gasteiger charge is -2.19. The van der Waals surface area contributed by atoms with Gasteiger partial charge in [-0.25, -0.2) is 0 Å². The lowest BCUT2D eigenvalue weighted by atomic mass is 10.0. The molecule has 1 fully saturated rings. The fraction of sp³-hybridized carbons (Fsp3) is 1.00. The van der Waals surface area contributed by atoms with Gasteiger partial charge in [-0.2, -0.15) is 0 Å². The summed E-state index contributed by atoms with van der Waals surface area (Å²) in [5.41, 5.74) is 0. The summed E-state index contributed by atoms with van der Waals surface area (Å²) in [5.74, 6) is 1.30. The molecule has 1 rings (SSSR count). The van der Waals surface area contributed by atoms with Crippen LogP contribution in [-0.4, -0.2) is 24.3 Å². The van der Waals surface area contributed by atoms with Gasteiger partial charge in [-0.1, -0.05) is 33.1 Å². The molecule has 0 radical (unpaired) electrons. The van der Waals surface area contributed by atoms with Crippen LogP contribution in [-0.2, 0) is 0 Å². The van der Waals surface area contributed by atoms with Crippen LogP contribution in [0.5, 0.6) is 0 Å². The van der Waals surface area contributed by atoms with Crippen LogP contribution in [0.1, 0.15) is 46.0 Å². The molecule has 0 saturated heterocycles. The maximum absolute atomic E-state index is 9.73. The SMILES string of the molecule is CCC(C)C(O)CNCC1CCCC1. The van der Waals surface area contributed by atoms with Gasteiger partial charge in [0.25, 0.3) is 0 Å². The van der Waals surface area contributed by atoms with Crippen LogP contribution in [0.4, 0.5) is 0 Å². The summed E-state index contributed by atoms with van der Waals surface area (Å²) in [6, 6.07) is 0. The average molecular weight is 199 g/mol. The molecule has 14 heavy (non-hydrogen) atoms. The van der Waals surface area contributed by atoms with E-state index in [1.807, 2.05) is 0 Å². The monoisotopic (exact) mass is 199 g/mol. The first-order valence-corrected chi connectivity index (χ1v) is 6.12. The fourth-order valence-corrected chi connectivity index (χ4v) is 2.12. The highest BCUT2D eigenvalue weighted by atomic mass is 16.3. The number of hydrogen-bond acceptors (Lipinski definition) is 2. The number of rotatable bonds is 6. The molecule has 2 unspecified atom stereocenters. The quantitative estimate of drug-likeness (QED) is 0.687. The van der Waals surface area contributed by atoms with Crippen molar-refractivity contribution in [1.82, 2.24) is 5.32 Å². The maximum atomic E-state index is 9.73. The van der Waals surface area contributed by atoms with Crippen molar-refractivity contribution in [3.05, 3.63) is 0 Å². The van der Waals surface area contributed by atoms with E-state index in [9.17, 15) is 5.11 Å². The molecule has 2 heteroatoms. The molecule has 0 spiro atoms. The van der Waals surface area contributed by atoms with Crippen LogP contribution in [0.25, 0.3) is 0 Å². The van der Waals surface area contributed by atoms with Crippen molar-refractivity contribution in [2.24, 2.45) is 11.8 Å². The minimum absolute atomic E-state index is 0.165. The van der Waals surface area contributed by atoms with Crippen LogP contribution in [0.2, 0.25) is 0 Å². The molecule has 0 aromatic rings. The second-order valence-corrected chi connectivity index (χ2v) is 4.76. The van der Waals surface area contributed by atoms with Crippen LogP contribution < -0.4 is 5.32 Å². The molecule has 1 aliphatic carbocycles. The Morgan fingerprint density at radius 3 is 2.57 bits per heavy atom. The van der Waals surface area contributed by atoms with Crippen molar-refractivity contribution in [1.29, 1.82) is 0 Å². The predicted molar refractivity (Wildman–Crippen MR) is 60.3 cm³/mol. The molecule has 2 atom stereocenters. The zero-order valence-electron chi connectivity index (χ0n) is 9.63. The van der Waals surface area contributed by atoms with E-state index in [4.69, 9.17) is 0 Å². The second kappa shape index (κ2) is 6.41. The highest BCUT2D eigenvalue weighted by molar-refractivity contribution is 4.72. The molecule has 2 nitrogen and oxygen atoms in total. The van der Waals surface area contributed by atoms with Crippen molar-refractivity contribution in [2.75, 3.05) is 13.1 Å². The standard InChI is InChI=1S/C12H25NO/c1-3-10(2)12(14)9-13-8-11-6-4-5-7-11/h10-14H,3-9H2,1-2H3. The Labute approximate surface area is 88.1 Å². The summed E-state index contributed by atoms with van der Waals surface area (Å²) >= 11 is 0. The lowest BCUT2D eigenvalue weighted by Crippen LogP contribution is -2.33. The number of hydrogen-bond donors (Lipinski definition) is 2. The third-order valence-electron chi connectivity index (χ3n) is 3.56. The summed E-state index contributed by atoms with van der Waals surface area (Å²) in [7, 11) is 0. The Hall–Kier alpha value is -0.0800. The largest absolute Gasteiger partial charge is 0.392 e. The van der Waals surface area contributed by atoms with Gasteiger partial charge < -0.3 is 10.4 Å². The smallest absolute Gasteiger partial charge is 0.0689 e. The molecule has 0 aromatic heterocycles. The molecule has 1 saturated carbocycles. The van der Waals surface area contributed by atoms with Crippen molar-refractivity contribution in [3.8, 4) is 0 Å². The zero-order valence-corrected chi connectivity index (χ0v) is 9.63. The summed E-state index contributed by atoms with van der Waals surface area (Å²) in [6.45, 7) is 6.12. The van der Waals surface area contributed by atoms with Crippen LogP contribution in [0.3, 0.4) is 0 Å². The summed E-state index contributed by atoms with van der Waals surface area (Å²) in [6.07, 6.45) is 6.47. The Morgan fingerprint density at radius 2 is 2.00 bits per heavy atom. The van der Waals surface area contributed by atoms with E-state index in [2.05, 4.69) is 19.2 Å². The van der Waals surface area contributed by atoms with Crippen molar-refractivity contribution in [3.63, 3.8) is 0 Å². The third-order valence-corrected chi connectivity index (χ3v) is 3.56. The van der Waals surface area contributed by atoms with E-state index < -0.39 is 0 Å². The summed E-state index contributed by atoms with van der Waals surface area (Å²) in [4.78, 5) is 0. The van der Waals surface area contributed by atoms with Gasteiger partial charge >= 0.3 is 0 Å². The van der Waals surface area contributed by atoms with Crippen LogP contribution in [0.15, 0.2) is 0 Å². The molecule has 0 amide bonds. The number of aliphatic hydroxyl groups is 1. The van der Waals surface area contributed by atoms with E-state index >= 15 is 0 Å². The molecule has 2 N–H and O–H groups in total. The molecule has 84 valence electrons. The zero-order chi connectivity index (χ0) is 10.4. The Balaban J connectivity index is 2.02. The van der Waals surface area contributed by atoms with E-state index in [0.717, 1.165) is 25.4 Å². The van der Waals surface area contributed by atoms with Gasteiger partial charge in [0.05, 0.1) is 6.10 Å². The van der Waals surface area contributed by atoms with E-state index in [0.29, 0.717) is 5.92 Å². The van der Waals surface area contributed by atoms with Gasteiger partial charge in [0, 0.05) is 6.54 Å². The van der Waals surface area contributed by atoms with Gasteiger partial charge in [0.2, 0.25) is 0 Å². The molecular formula is C12H25NO.